The molecule has 0 amide bonds. The zero-order valence-corrected chi connectivity index (χ0v) is 13.3. The van der Waals surface area contributed by atoms with Crippen LogP contribution in [-0.2, 0) is 0 Å². The van der Waals surface area contributed by atoms with Gasteiger partial charge in [0.1, 0.15) is 18.1 Å². The number of likely N-dealkylation sites (N-methyl/N-ethyl adjacent to an activating group) is 1. The van der Waals surface area contributed by atoms with Gasteiger partial charge in [-0.3, -0.25) is 4.90 Å². The maximum atomic E-state index is 5.86. The molecule has 4 nitrogen and oxygen atoms in total. The molecule has 1 saturated carbocycles. The normalized spacial score (nSPS) is 16.0. The Morgan fingerprint density at radius 3 is 2.19 bits per heavy atom. The summed E-state index contributed by atoms with van der Waals surface area (Å²) in [6.45, 7) is 5.20. The van der Waals surface area contributed by atoms with E-state index >= 15 is 0 Å². The summed E-state index contributed by atoms with van der Waals surface area (Å²) in [5.74, 6) is 2.59. The first-order valence-corrected chi connectivity index (χ1v) is 8.00. The van der Waals surface area contributed by atoms with Crippen molar-refractivity contribution in [3.63, 3.8) is 0 Å². The Hall–Kier alpha value is -1.26. The maximum absolute atomic E-state index is 5.86. The van der Waals surface area contributed by atoms with Crippen molar-refractivity contribution in [3.05, 3.63) is 24.3 Å². The van der Waals surface area contributed by atoms with Crippen LogP contribution in [0, 0.1) is 5.92 Å². The van der Waals surface area contributed by atoms with Crippen molar-refractivity contribution in [2.24, 2.45) is 11.7 Å². The second-order valence-electron chi connectivity index (χ2n) is 5.79. The van der Waals surface area contributed by atoms with Crippen LogP contribution in [0.5, 0.6) is 11.5 Å². The highest BCUT2D eigenvalue weighted by Gasteiger charge is 2.32. The van der Waals surface area contributed by atoms with E-state index in [1.165, 1.54) is 12.8 Å². The minimum Gasteiger partial charge on any atom is -0.494 e. The summed E-state index contributed by atoms with van der Waals surface area (Å²) in [6.07, 6.45) is 3.67. The van der Waals surface area contributed by atoms with E-state index in [-0.39, 0.29) is 0 Å². The average Bonchev–Trinajstić information content (AvgIpc) is 3.32. The quantitative estimate of drug-likeness (QED) is 0.720. The molecule has 0 aliphatic heterocycles. The number of hydrogen-bond acceptors (Lipinski definition) is 4. The Bertz CT molecular complexity index is 404. The molecule has 2 N–H and O–H groups in total. The van der Waals surface area contributed by atoms with Gasteiger partial charge >= 0.3 is 0 Å². The Kier molecular flexibility index (Phi) is 6.33. The molecule has 1 aliphatic rings. The number of nitrogens with zero attached hydrogens (tertiary/aromatic N) is 1. The van der Waals surface area contributed by atoms with E-state index in [1.54, 1.807) is 0 Å². The van der Waals surface area contributed by atoms with Gasteiger partial charge in [0.05, 0.1) is 6.61 Å². The highest BCUT2D eigenvalue weighted by Crippen LogP contribution is 2.34. The van der Waals surface area contributed by atoms with E-state index in [2.05, 4.69) is 18.9 Å². The predicted molar refractivity (Wildman–Crippen MR) is 85.9 cm³/mol. The van der Waals surface area contributed by atoms with E-state index in [4.69, 9.17) is 15.2 Å². The minimum atomic E-state index is 0.512. The van der Waals surface area contributed by atoms with Crippen molar-refractivity contribution in [3.8, 4) is 11.5 Å². The minimum absolute atomic E-state index is 0.512. The van der Waals surface area contributed by atoms with Crippen molar-refractivity contribution in [1.29, 1.82) is 0 Å². The first-order chi connectivity index (χ1) is 10.2. The molecule has 1 aromatic rings. The fourth-order valence-electron chi connectivity index (χ4n) is 2.54. The summed E-state index contributed by atoms with van der Waals surface area (Å²) in [7, 11) is 2.14. The van der Waals surface area contributed by atoms with Gasteiger partial charge in [0.2, 0.25) is 0 Å². The summed E-state index contributed by atoms with van der Waals surface area (Å²) in [4.78, 5) is 2.33. The molecule has 1 fully saturated rings. The molecule has 0 bridgehead atoms. The lowest BCUT2D eigenvalue weighted by Crippen LogP contribution is -2.41. The summed E-state index contributed by atoms with van der Waals surface area (Å²) >= 11 is 0. The van der Waals surface area contributed by atoms with E-state index in [1.807, 2.05) is 24.3 Å². The van der Waals surface area contributed by atoms with Crippen LogP contribution in [0.4, 0.5) is 0 Å². The predicted octanol–water partition coefficient (Wildman–Crippen LogP) is 2.52. The van der Waals surface area contributed by atoms with Gasteiger partial charge in [-0.05, 0) is 56.5 Å². The highest BCUT2D eigenvalue weighted by atomic mass is 16.5. The van der Waals surface area contributed by atoms with Crippen molar-refractivity contribution in [1.82, 2.24) is 4.90 Å². The molecule has 0 radical (unpaired) electrons. The van der Waals surface area contributed by atoms with Gasteiger partial charge in [0, 0.05) is 19.1 Å². The largest absolute Gasteiger partial charge is 0.494 e. The van der Waals surface area contributed by atoms with Crippen molar-refractivity contribution < 1.29 is 9.47 Å². The highest BCUT2D eigenvalue weighted by molar-refractivity contribution is 5.31. The molecule has 0 spiro atoms. The van der Waals surface area contributed by atoms with Crippen LogP contribution in [-0.4, -0.2) is 44.3 Å². The third kappa shape index (κ3) is 5.21. The number of rotatable bonds is 10. The number of hydrogen-bond donors (Lipinski definition) is 1. The van der Waals surface area contributed by atoms with Crippen LogP contribution in [0.2, 0.25) is 0 Å². The van der Waals surface area contributed by atoms with Crippen LogP contribution >= 0.6 is 0 Å². The van der Waals surface area contributed by atoms with Crippen molar-refractivity contribution >= 4 is 0 Å². The summed E-state index contributed by atoms with van der Waals surface area (Å²) in [6, 6.07) is 8.36. The van der Waals surface area contributed by atoms with E-state index in [0.29, 0.717) is 12.6 Å². The average molecular weight is 292 g/mol. The smallest absolute Gasteiger partial charge is 0.119 e. The van der Waals surface area contributed by atoms with E-state index < -0.39 is 0 Å². The molecule has 0 heterocycles. The zero-order valence-electron chi connectivity index (χ0n) is 13.3. The molecular formula is C17H28N2O2. The second-order valence-corrected chi connectivity index (χ2v) is 5.79. The number of nitrogens with two attached hydrogens (primary N) is 1. The van der Waals surface area contributed by atoms with Gasteiger partial charge in [0.25, 0.3) is 0 Å². The molecule has 0 aromatic heterocycles. The summed E-state index contributed by atoms with van der Waals surface area (Å²) in [5.41, 5.74) is 5.86. The van der Waals surface area contributed by atoms with Crippen LogP contribution in [0.15, 0.2) is 24.3 Å². The van der Waals surface area contributed by atoms with Gasteiger partial charge in [0.15, 0.2) is 0 Å². The van der Waals surface area contributed by atoms with E-state index in [9.17, 15) is 0 Å². The Morgan fingerprint density at radius 2 is 1.71 bits per heavy atom. The fraction of sp³-hybridized carbons (Fsp3) is 0.647. The van der Waals surface area contributed by atoms with E-state index in [0.717, 1.165) is 43.5 Å². The number of ether oxygens (including phenoxy) is 2. The third-order valence-electron chi connectivity index (χ3n) is 3.98. The Balaban J connectivity index is 1.70. The molecular weight excluding hydrogens is 264 g/mol. The standard InChI is InChI=1S/C17H28N2O2/c1-3-11-20-15-6-8-16(9-7-15)21-12-10-19(2)17(13-18)14-4-5-14/h6-9,14,17H,3-5,10-13,18H2,1-2H3. The van der Waals surface area contributed by atoms with Gasteiger partial charge in [-0.25, -0.2) is 0 Å². The third-order valence-corrected chi connectivity index (χ3v) is 3.98. The SMILES string of the molecule is CCCOc1ccc(OCCN(C)C(CN)C2CC2)cc1. The molecule has 2 rings (SSSR count). The molecule has 1 aliphatic carbocycles. The first-order valence-electron chi connectivity index (χ1n) is 8.00. The maximum Gasteiger partial charge on any atom is 0.119 e. The monoisotopic (exact) mass is 292 g/mol. The lowest BCUT2D eigenvalue weighted by molar-refractivity contribution is 0.180. The second kappa shape index (κ2) is 8.25. The Labute approximate surface area is 128 Å². The van der Waals surface area contributed by atoms with Crippen LogP contribution in [0.1, 0.15) is 26.2 Å². The zero-order chi connectivity index (χ0) is 15.1. The fourth-order valence-corrected chi connectivity index (χ4v) is 2.54. The number of benzene rings is 1. The molecule has 4 heteroatoms. The van der Waals surface area contributed by atoms with Crippen LogP contribution < -0.4 is 15.2 Å². The lowest BCUT2D eigenvalue weighted by Gasteiger charge is -2.26. The molecule has 118 valence electrons. The first kappa shape index (κ1) is 16.1. The molecule has 0 saturated heterocycles. The van der Waals surface area contributed by atoms with Crippen LogP contribution in [0.3, 0.4) is 0 Å². The van der Waals surface area contributed by atoms with Crippen molar-refractivity contribution in [2.75, 3.05) is 33.4 Å². The Morgan fingerprint density at radius 1 is 1.14 bits per heavy atom. The van der Waals surface area contributed by atoms with Gasteiger partial charge in [-0.15, -0.1) is 0 Å². The van der Waals surface area contributed by atoms with Gasteiger partial charge < -0.3 is 15.2 Å². The van der Waals surface area contributed by atoms with Crippen molar-refractivity contribution in [2.45, 2.75) is 32.2 Å². The molecule has 1 unspecified atom stereocenters. The summed E-state index contributed by atoms with van der Waals surface area (Å²) in [5, 5.41) is 0. The molecule has 1 atom stereocenters. The molecule has 1 aromatic carbocycles. The lowest BCUT2D eigenvalue weighted by atomic mass is 10.1. The topological polar surface area (TPSA) is 47.7 Å². The van der Waals surface area contributed by atoms with Gasteiger partial charge in [-0.2, -0.15) is 0 Å². The molecule has 21 heavy (non-hydrogen) atoms. The van der Waals surface area contributed by atoms with Crippen LogP contribution in [0.25, 0.3) is 0 Å². The summed E-state index contributed by atoms with van der Waals surface area (Å²) < 4.78 is 11.3. The van der Waals surface area contributed by atoms with Gasteiger partial charge in [-0.1, -0.05) is 6.92 Å².